The molecule has 0 bridgehead atoms. The Kier molecular flexibility index (Phi) is 3.31. The van der Waals surface area contributed by atoms with Crippen LogP contribution in [0.2, 0.25) is 5.02 Å². The van der Waals surface area contributed by atoms with E-state index in [0.29, 0.717) is 20.9 Å². The van der Waals surface area contributed by atoms with Gasteiger partial charge in [0.2, 0.25) is 0 Å². The number of hydrogen-bond acceptors (Lipinski definition) is 2. The average Bonchev–Trinajstić information content (AvgIpc) is 2.47. The molecule has 1 N–H and O–H groups in total. The minimum Gasteiger partial charge on any atom is -0.267 e. The Hall–Kier alpha value is -1.72. The molecule has 1 aromatic heterocycles. The van der Waals surface area contributed by atoms with Crippen molar-refractivity contribution in [1.82, 2.24) is 10.2 Å². The monoisotopic (exact) mass is 352 g/mol. The first-order chi connectivity index (χ1) is 9.59. The lowest BCUT2D eigenvalue weighted by molar-refractivity contribution is 0.630. The molecule has 0 aliphatic rings. The van der Waals surface area contributed by atoms with Crippen LogP contribution in [0, 0.1) is 5.82 Å². The highest BCUT2D eigenvalue weighted by molar-refractivity contribution is 9.10. The fourth-order valence-corrected chi connectivity index (χ4v) is 2.50. The number of rotatable bonds is 1. The van der Waals surface area contributed by atoms with Crippen LogP contribution in [0.1, 0.15) is 0 Å². The van der Waals surface area contributed by atoms with Gasteiger partial charge in [0, 0.05) is 15.4 Å². The molecule has 0 aliphatic carbocycles. The molecule has 3 aromatic rings. The van der Waals surface area contributed by atoms with Crippen LogP contribution in [-0.2, 0) is 0 Å². The lowest BCUT2D eigenvalue weighted by atomic mass is 10.0. The van der Waals surface area contributed by atoms with Crippen molar-refractivity contribution in [2.24, 2.45) is 0 Å². The molecule has 100 valence electrons. The molecule has 3 nitrogen and oxygen atoms in total. The molecule has 0 spiro atoms. The van der Waals surface area contributed by atoms with E-state index in [1.165, 1.54) is 0 Å². The number of hydrogen-bond donors (Lipinski definition) is 1. The number of H-pyrrole nitrogens is 1. The molecule has 0 unspecified atom stereocenters. The summed E-state index contributed by atoms with van der Waals surface area (Å²) in [5.74, 6) is -0.578. The normalized spacial score (nSPS) is 10.9. The molecule has 0 atom stereocenters. The summed E-state index contributed by atoms with van der Waals surface area (Å²) in [6.07, 6.45) is 0. The van der Waals surface area contributed by atoms with E-state index < -0.39 is 5.82 Å². The quantitative estimate of drug-likeness (QED) is 0.668. The van der Waals surface area contributed by atoms with Crippen molar-refractivity contribution in [2.75, 3.05) is 0 Å². The fourth-order valence-electron chi connectivity index (χ4n) is 2.03. The zero-order chi connectivity index (χ0) is 14.3. The van der Waals surface area contributed by atoms with E-state index in [1.807, 2.05) is 0 Å². The van der Waals surface area contributed by atoms with Crippen molar-refractivity contribution in [1.29, 1.82) is 0 Å². The summed E-state index contributed by atoms with van der Waals surface area (Å²) in [4.78, 5) is 11.7. The maximum atomic E-state index is 14.3. The van der Waals surface area contributed by atoms with E-state index >= 15 is 0 Å². The van der Waals surface area contributed by atoms with Crippen molar-refractivity contribution in [3.63, 3.8) is 0 Å². The van der Waals surface area contributed by atoms with Crippen LogP contribution in [0.4, 0.5) is 4.39 Å². The van der Waals surface area contributed by atoms with Gasteiger partial charge < -0.3 is 0 Å². The largest absolute Gasteiger partial charge is 0.272 e. The third kappa shape index (κ3) is 2.03. The van der Waals surface area contributed by atoms with Crippen molar-refractivity contribution < 1.29 is 4.39 Å². The molecule has 2 aromatic carbocycles. The van der Waals surface area contributed by atoms with Crippen LogP contribution in [0.25, 0.3) is 22.0 Å². The standard InChI is InChI=1S/C14H7BrClFN2O/c15-10-6-5-9(12(17)11(10)16)13-7-3-1-2-4-8(7)14(20)19-18-13/h1-6H,(H,19,20). The molecular weight excluding hydrogens is 347 g/mol. The van der Waals surface area contributed by atoms with E-state index in [4.69, 9.17) is 11.6 Å². The Bertz CT molecular complexity index is 879. The minimum absolute atomic E-state index is 0.0143. The predicted molar refractivity (Wildman–Crippen MR) is 80.5 cm³/mol. The molecule has 0 saturated carbocycles. The predicted octanol–water partition coefficient (Wildman–Crippen LogP) is 4.15. The van der Waals surface area contributed by atoms with Gasteiger partial charge in [-0.15, -0.1) is 0 Å². The van der Waals surface area contributed by atoms with Gasteiger partial charge in [0.05, 0.1) is 10.4 Å². The van der Waals surface area contributed by atoms with Gasteiger partial charge in [0.15, 0.2) is 5.82 Å². The zero-order valence-electron chi connectivity index (χ0n) is 9.95. The number of nitrogens with one attached hydrogen (secondary N) is 1. The van der Waals surface area contributed by atoms with Gasteiger partial charge in [0.1, 0.15) is 5.69 Å². The van der Waals surface area contributed by atoms with Crippen molar-refractivity contribution >= 4 is 38.3 Å². The summed E-state index contributed by atoms with van der Waals surface area (Å²) in [5, 5.41) is 7.35. The van der Waals surface area contributed by atoms with E-state index in [0.717, 1.165) is 0 Å². The first-order valence-corrected chi connectivity index (χ1v) is 6.88. The third-order valence-corrected chi connectivity index (χ3v) is 4.24. The Labute approximate surface area is 126 Å². The van der Waals surface area contributed by atoms with Crippen LogP contribution in [0.3, 0.4) is 0 Å². The topological polar surface area (TPSA) is 45.8 Å². The summed E-state index contributed by atoms with van der Waals surface area (Å²) in [7, 11) is 0. The molecule has 0 fully saturated rings. The van der Waals surface area contributed by atoms with Crippen molar-refractivity contribution in [2.45, 2.75) is 0 Å². The van der Waals surface area contributed by atoms with Crippen LogP contribution in [-0.4, -0.2) is 10.2 Å². The summed E-state index contributed by atoms with van der Waals surface area (Å²) in [5.41, 5.74) is 0.283. The number of fused-ring (bicyclic) bond motifs is 1. The highest BCUT2D eigenvalue weighted by Crippen LogP contribution is 2.34. The van der Waals surface area contributed by atoms with E-state index in [9.17, 15) is 9.18 Å². The zero-order valence-corrected chi connectivity index (χ0v) is 12.3. The van der Waals surface area contributed by atoms with Gasteiger partial charge in [-0.25, -0.2) is 9.49 Å². The van der Waals surface area contributed by atoms with E-state index in [-0.39, 0.29) is 16.1 Å². The summed E-state index contributed by atoms with van der Waals surface area (Å²) < 4.78 is 14.7. The SMILES string of the molecule is O=c1[nH]nc(-c2ccc(Br)c(Cl)c2F)c2ccccc12. The average molecular weight is 354 g/mol. The van der Waals surface area contributed by atoms with Gasteiger partial charge in [-0.3, -0.25) is 4.79 Å². The van der Waals surface area contributed by atoms with E-state index in [1.54, 1.807) is 36.4 Å². The number of halogens is 3. The number of benzene rings is 2. The summed E-state index contributed by atoms with van der Waals surface area (Å²) in [6, 6.07) is 10.1. The maximum Gasteiger partial charge on any atom is 0.272 e. The first kappa shape index (κ1) is 13.3. The van der Waals surface area contributed by atoms with E-state index in [2.05, 4.69) is 26.1 Å². The summed E-state index contributed by atoms with van der Waals surface area (Å²) in [6.45, 7) is 0. The first-order valence-electron chi connectivity index (χ1n) is 5.71. The highest BCUT2D eigenvalue weighted by atomic mass is 79.9. The molecule has 6 heteroatoms. The molecule has 0 radical (unpaired) electrons. The highest BCUT2D eigenvalue weighted by Gasteiger charge is 2.16. The van der Waals surface area contributed by atoms with Gasteiger partial charge >= 0.3 is 0 Å². The van der Waals surface area contributed by atoms with Gasteiger partial charge in [-0.05, 0) is 34.1 Å². The molecule has 20 heavy (non-hydrogen) atoms. The third-order valence-electron chi connectivity index (χ3n) is 2.99. The molecule has 0 amide bonds. The fraction of sp³-hybridized carbons (Fsp3) is 0. The van der Waals surface area contributed by atoms with Gasteiger partial charge in [-0.1, -0.05) is 29.8 Å². The minimum atomic E-state index is -0.578. The van der Waals surface area contributed by atoms with Crippen LogP contribution in [0.5, 0.6) is 0 Å². The smallest absolute Gasteiger partial charge is 0.267 e. The molecule has 1 heterocycles. The Morgan fingerprint density at radius 3 is 2.60 bits per heavy atom. The summed E-state index contributed by atoms with van der Waals surface area (Å²) >= 11 is 9.06. The Morgan fingerprint density at radius 2 is 1.85 bits per heavy atom. The molecule has 0 saturated heterocycles. The van der Waals surface area contributed by atoms with Crippen molar-refractivity contribution in [3.05, 3.63) is 62.1 Å². The second kappa shape index (κ2) is 5.00. The Balaban J connectivity index is 2.39. The second-order valence-corrected chi connectivity index (χ2v) is 5.40. The number of aromatic amines is 1. The van der Waals surface area contributed by atoms with Crippen LogP contribution < -0.4 is 5.56 Å². The molecule has 0 aliphatic heterocycles. The second-order valence-electron chi connectivity index (χ2n) is 4.17. The number of nitrogens with zero attached hydrogens (tertiary/aromatic N) is 1. The lowest BCUT2D eigenvalue weighted by Gasteiger charge is -2.08. The lowest BCUT2D eigenvalue weighted by Crippen LogP contribution is -2.09. The van der Waals surface area contributed by atoms with Crippen molar-refractivity contribution in [3.8, 4) is 11.3 Å². The maximum absolute atomic E-state index is 14.3. The molecule has 3 rings (SSSR count). The number of aromatic nitrogens is 2. The van der Waals surface area contributed by atoms with Crippen LogP contribution in [0.15, 0.2) is 45.7 Å². The van der Waals surface area contributed by atoms with Gasteiger partial charge in [-0.2, -0.15) is 5.10 Å². The molecular formula is C14H7BrClFN2O. The van der Waals surface area contributed by atoms with Crippen LogP contribution >= 0.6 is 27.5 Å². The van der Waals surface area contributed by atoms with Gasteiger partial charge in [0.25, 0.3) is 5.56 Å². The Morgan fingerprint density at radius 1 is 1.15 bits per heavy atom.